The van der Waals surface area contributed by atoms with Gasteiger partial charge in [-0.2, -0.15) is 0 Å². The molecule has 0 saturated heterocycles. The Balaban J connectivity index is 1.92. The van der Waals surface area contributed by atoms with Crippen molar-refractivity contribution >= 4 is 23.2 Å². The molecule has 0 unspecified atom stereocenters. The fourth-order valence-corrected chi connectivity index (χ4v) is 3.59. The normalized spacial score (nSPS) is 15.2. The number of hydrogen-bond acceptors (Lipinski definition) is 4. The van der Waals surface area contributed by atoms with Crippen LogP contribution in [0.25, 0.3) is 5.69 Å². The highest BCUT2D eigenvalue weighted by molar-refractivity contribution is 6.30. The number of carbonyl (C=O) groups is 1. The van der Waals surface area contributed by atoms with Gasteiger partial charge in [0.25, 0.3) is 0 Å². The first-order chi connectivity index (χ1) is 13.6. The second kappa shape index (κ2) is 7.56. The van der Waals surface area contributed by atoms with Crippen molar-refractivity contribution in [3.05, 3.63) is 76.3 Å². The summed E-state index contributed by atoms with van der Waals surface area (Å²) in [5, 5.41) is 12.1. The SMILES string of the molecule is CCNC(=O)C[C@@H]1N=C(c2ccc(Cl)cc2)c2ccccc2-n2c(C)nnc21. The molecule has 0 bridgehead atoms. The van der Waals surface area contributed by atoms with Crippen molar-refractivity contribution in [2.45, 2.75) is 26.3 Å². The second-order valence-electron chi connectivity index (χ2n) is 6.62. The van der Waals surface area contributed by atoms with E-state index in [1.165, 1.54) is 0 Å². The molecule has 1 N–H and O–H groups in total. The molecule has 3 aromatic rings. The number of aromatic nitrogens is 3. The van der Waals surface area contributed by atoms with Gasteiger partial charge < -0.3 is 5.32 Å². The number of fused-ring (bicyclic) bond motifs is 3. The number of amides is 1. The summed E-state index contributed by atoms with van der Waals surface area (Å²) in [5.41, 5.74) is 3.67. The van der Waals surface area contributed by atoms with Crippen LogP contribution in [0.5, 0.6) is 0 Å². The largest absolute Gasteiger partial charge is 0.356 e. The van der Waals surface area contributed by atoms with E-state index in [1.54, 1.807) is 0 Å². The summed E-state index contributed by atoms with van der Waals surface area (Å²) < 4.78 is 1.99. The van der Waals surface area contributed by atoms with Crippen LogP contribution in [0.2, 0.25) is 5.02 Å². The van der Waals surface area contributed by atoms with E-state index in [4.69, 9.17) is 16.6 Å². The quantitative estimate of drug-likeness (QED) is 0.735. The minimum atomic E-state index is -0.439. The molecule has 6 nitrogen and oxygen atoms in total. The van der Waals surface area contributed by atoms with Gasteiger partial charge in [-0.25, -0.2) is 0 Å². The minimum Gasteiger partial charge on any atom is -0.356 e. The van der Waals surface area contributed by atoms with E-state index in [0.29, 0.717) is 17.4 Å². The second-order valence-corrected chi connectivity index (χ2v) is 7.05. The molecule has 7 heteroatoms. The Morgan fingerprint density at radius 1 is 1.14 bits per heavy atom. The number of aliphatic imine (C=N–C) groups is 1. The molecule has 142 valence electrons. The molecule has 0 radical (unpaired) electrons. The lowest BCUT2D eigenvalue weighted by molar-refractivity contribution is -0.121. The lowest BCUT2D eigenvalue weighted by atomic mass is 10.0. The van der Waals surface area contributed by atoms with Gasteiger partial charge in [-0.3, -0.25) is 14.4 Å². The number of para-hydroxylation sites is 1. The molecule has 1 amide bonds. The molecule has 1 aromatic heterocycles. The van der Waals surface area contributed by atoms with E-state index in [-0.39, 0.29) is 12.3 Å². The van der Waals surface area contributed by atoms with Gasteiger partial charge in [0.1, 0.15) is 11.9 Å². The number of benzene rings is 2. The summed E-state index contributed by atoms with van der Waals surface area (Å²) in [6, 6.07) is 15.1. The van der Waals surface area contributed by atoms with Crippen LogP contribution in [-0.4, -0.2) is 32.9 Å². The van der Waals surface area contributed by atoms with E-state index < -0.39 is 6.04 Å². The molecule has 0 fully saturated rings. The van der Waals surface area contributed by atoms with E-state index in [2.05, 4.69) is 15.5 Å². The summed E-state index contributed by atoms with van der Waals surface area (Å²) in [4.78, 5) is 17.3. The third-order valence-corrected chi connectivity index (χ3v) is 4.96. The topological polar surface area (TPSA) is 72.2 Å². The highest BCUT2D eigenvalue weighted by Crippen LogP contribution is 2.32. The number of rotatable bonds is 4. The lowest BCUT2D eigenvalue weighted by Gasteiger charge is -2.12. The van der Waals surface area contributed by atoms with Crippen molar-refractivity contribution in [1.82, 2.24) is 20.1 Å². The fraction of sp³-hybridized carbons (Fsp3) is 0.238. The van der Waals surface area contributed by atoms with Gasteiger partial charge in [-0.15, -0.1) is 10.2 Å². The summed E-state index contributed by atoms with van der Waals surface area (Å²) >= 11 is 6.08. The fourth-order valence-electron chi connectivity index (χ4n) is 3.46. The maximum absolute atomic E-state index is 12.3. The van der Waals surface area contributed by atoms with Crippen molar-refractivity contribution in [3.63, 3.8) is 0 Å². The Labute approximate surface area is 168 Å². The molecular formula is C21H20ClN5O. The van der Waals surface area contributed by atoms with Gasteiger partial charge in [0.15, 0.2) is 5.82 Å². The predicted octanol–water partition coefficient (Wildman–Crippen LogP) is 3.65. The van der Waals surface area contributed by atoms with Gasteiger partial charge in [0, 0.05) is 22.7 Å². The van der Waals surface area contributed by atoms with Crippen LogP contribution in [-0.2, 0) is 4.79 Å². The maximum Gasteiger partial charge on any atom is 0.222 e. The zero-order valence-electron chi connectivity index (χ0n) is 15.7. The van der Waals surface area contributed by atoms with Crippen molar-refractivity contribution in [2.75, 3.05) is 6.54 Å². The first-order valence-corrected chi connectivity index (χ1v) is 9.58. The average Bonchev–Trinajstić information content (AvgIpc) is 3.01. The van der Waals surface area contributed by atoms with Gasteiger partial charge in [-0.05, 0) is 32.0 Å². The van der Waals surface area contributed by atoms with Crippen LogP contribution in [0.1, 0.15) is 42.2 Å². The van der Waals surface area contributed by atoms with E-state index in [9.17, 15) is 4.79 Å². The van der Waals surface area contributed by atoms with Crippen molar-refractivity contribution in [2.24, 2.45) is 4.99 Å². The van der Waals surface area contributed by atoms with E-state index in [1.807, 2.05) is 66.9 Å². The first kappa shape index (κ1) is 18.4. The molecule has 28 heavy (non-hydrogen) atoms. The minimum absolute atomic E-state index is 0.0649. The van der Waals surface area contributed by atoms with Crippen LogP contribution in [0, 0.1) is 6.92 Å². The van der Waals surface area contributed by atoms with Crippen molar-refractivity contribution in [1.29, 1.82) is 0 Å². The van der Waals surface area contributed by atoms with Crippen molar-refractivity contribution in [3.8, 4) is 5.69 Å². The highest BCUT2D eigenvalue weighted by atomic mass is 35.5. The van der Waals surface area contributed by atoms with Gasteiger partial charge in [0.2, 0.25) is 5.91 Å². The van der Waals surface area contributed by atoms with Crippen LogP contribution < -0.4 is 5.32 Å². The Morgan fingerprint density at radius 3 is 2.64 bits per heavy atom. The predicted molar refractivity (Wildman–Crippen MR) is 109 cm³/mol. The summed E-state index contributed by atoms with van der Waals surface area (Å²) in [6.45, 7) is 4.38. The monoisotopic (exact) mass is 393 g/mol. The van der Waals surface area contributed by atoms with Crippen molar-refractivity contribution < 1.29 is 4.79 Å². The van der Waals surface area contributed by atoms with Gasteiger partial charge in [-0.1, -0.05) is 41.9 Å². The number of hydrogen-bond donors (Lipinski definition) is 1. The summed E-state index contributed by atoms with van der Waals surface area (Å²) in [7, 11) is 0. The van der Waals surface area contributed by atoms with Crippen LogP contribution in [0.15, 0.2) is 53.5 Å². The smallest absolute Gasteiger partial charge is 0.222 e. The Bertz CT molecular complexity index is 1050. The zero-order chi connectivity index (χ0) is 19.7. The maximum atomic E-state index is 12.3. The molecule has 0 saturated carbocycles. The van der Waals surface area contributed by atoms with Crippen LogP contribution >= 0.6 is 11.6 Å². The molecule has 4 rings (SSSR count). The molecular weight excluding hydrogens is 374 g/mol. The average molecular weight is 394 g/mol. The number of aryl methyl sites for hydroxylation is 1. The number of halogens is 1. The van der Waals surface area contributed by atoms with Crippen LogP contribution in [0.4, 0.5) is 0 Å². The Kier molecular flexibility index (Phi) is 4.96. The third kappa shape index (κ3) is 3.31. The third-order valence-electron chi connectivity index (χ3n) is 4.70. The number of carbonyl (C=O) groups excluding carboxylic acids is 1. The molecule has 0 spiro atoms. The lowest BCUT2D eigenvalue weighted by Crippen LogP contribution is -2.25. The number of nitrogens with one attached hydrogen (secondary N) is 1. The molecule has 0 aliphatic carbocycles. The van der Waals surface area contributed by atoms with E-state index >= 15 is 0 Å². The molecule has 1 aliphatic rings. The standard InChI is InChI=1S/C21H20ClN5O/c1-3-23-19(28)12-17-21-26-25-13(2)27(21)18-7-5-4-6-16(18)20(24-17)14-8-10-15(22)11-9-14/h4-11,17H,3,12H2,1-2H3,(H,23,28)/t17-/m0/s1. The van der Waals surface area contributed by atoms with Gasteiger partial charge >= 0.3 is 0 Å². The Hall–Kier alpha value is -2.99. The van der Waals surface area contributed by atoms with Gasteiger partial charge in [0.05, 0.1) is 17.8 Å². The molecule has 1 aliphatic heterocycles. The summed E-state index contributed by atoms with van der Waals surface area (Å²) in [5.74, 6) is 1.36. The molecule has 2 aromatic carbocycles. The highest BCUT2D eigenvalue weighted by Gasteiger charge is 2.29. The zero-order valence-corrected chi connectivity index (χ0v) is 16.4. The number of nitrogens with zero attached hydrogens (tertiary/aromatic N) is 4. The Morgan fingerprint density at radius 2 is 1.89 bits per heavy atom. The molecule has 2 heterocycles. The molecule has 1 atom stereocenters. The van der Waals surface area contributed by atoms with Crippen LogP contribution in [0.3, 0.4) is 0 Å². The summed E-state index contributed by atoms with van der Waals surface area (Å²) in [6.07, 6.45) is 0.205. The first-order valence-electron chi connectivity index (χ1n) is 9.20. The van der Waals surface area contributed by atoms with E-state index in [0.717, 1.165) is 28.4 Å².